The lowest BCUT2D eigenvalue weighted by Crippen LogP contribution is -2.30. The molecule has 5 aromatic rings. The van der Waals surface area contributed by atoms with Gasteiger partial charge in [-0.05, 0) is 72.3 Å². The number of hydrogen-bond donors (Lipinski definition) is 3. The molecule has 0 aliphatic rings. The number of nitrogens with zero attached hydrogens (tertiary/aromatic N) is 1. The van der Waals surface area contributed by atoms with Crippen molar-refractivity contribution in [1.29, 1.82) is 0 Å². The minimum absolute atomic E-state index is 0.0783. The maximum absolute atomic E-state index is 13.4. The Hall–Kier alpha value is -4.91. The Morgan fingerprint density at radius 2 is 1.64 bits per heavy atom. The van der Waals surface area contributed by atoms with Crippen LogP contribution in [0, 0.1) is 0 Å². The lowest BCUT2D eigenvalue weighted by Gasteiger charge is -2.12. The van der Waals surface area contributed by atoms with Crippen molar-refractivity contribution in [3.63, 3.8) is 0 Å². The molecule has 4 aromatic carbocycles. The van der Waals surface area contributed by atoms with Crippen LogP contribution >= 0.6 is 39.0 Å². The topological polar surface area (TPSA) is 119 Å². The summed E-state index contributed by atoms with van der Waals surface area (Å²) in [5, 5.41) is 10.8. The average molecular weight is 730 g/mol. The summed E-state index contributed by atoms with van der Waals surface area (Å²) < 4.78 is 11.6. The quantitative estimate of drug-likeness (QED) is 0.0889. The summed E-state index contributed by atoms with van der Waals surface area (Å²) in [4.78, 5) is 44.4. The molecule has 0 aliphatic heterocycles. The van der Waals surface area contributed by atoms with Gasteiger partial charge in [0.05, 0.1) is 25.7 Å². The third-order valence-electron chi connectivity index (χ3n) is 6.60. The Balaban J connectivity index is 1.21. The highest BCUT2D eigenvalue weighted by atomic mass is 79.9. The zero-order chi connectivity index (χ0) is 33.2. The van der Waals surface area contributed by atoms with Crippen molar-refractivity contribution in [2.45, 2.75) is 4.90 Å². The Morgan fingerprint density at radius 3 is 2.38 bits per heavy atom. The summed E-state index contributed by atoms with van der Waals surface area (Å²) in [5.41, 5.74) is 3.29. The van der Waals surface area contributed by atoms with E-state index in [0.717, 1.165) is 20.5 Å². The fraction of sp³-hybridized carbons (Fsp3) is 0.0857. The number of carbonyl (C=O) groups is 3. The predicted octanol–water partition coefficient (Wildman–Crippen LogP) is 7.73. The summed E-state index contributed by atoms with van der Waals surface area (Å²) in [5.74, 6) is 0.216. The highest BCUT2D eigenvalue weighted by Crippen LogP contribution is 2.33. The van der Waals surface area contributed by atoms with Gasteiger partial charge in [-0.15, -0.1) is 23.1 Å². The van der Waals surface area contributed by atoms with E-state index in [4.69, 9.17) is 9.47 Å². The van der Waals surface area contributed by atoms with E-state index in [0.29, 0.717) is 33.6 Å². The zero-order valence-electron chi connectivity index (χ0n) is 25.3. The van der Waals surface area contributed by atoms with E-state index in [2.05, 4.69) is 36.9 Å². The van der Waals surface area contributed by atoms with Crippen molar-refractivity contribution < 1.29 is 23.9 Å². The summed E-state index contributed by atoms with van der Waals surface area (Å²) in [7, 11) is 3.15. The molecule has 0 atom stereocenters. The molecule has 0 saturated heterocycles. The second-order valence-corrected chi connectivity index (χ2v) is 12.7. The number of amides is 3. The van der Waals surface area contributed by atoms with Gasteiger partial charge in [-0.25, -0.2) is 4.98 Å². The minimum atomic E-state index is -0.494. The predicted molar refractivity (Wildman–Crippen MR) is 191 cm³/mol. The van der Waals surface area contributed by atoms with Gasteiger partial charge in [0.15, 0.2) is 16.6 Å². The normalized spacial score (nSPS) is 11.0. The number of ether oxygens (including phenoxy) is 2. The summed E-state index contributed by atoms with van der Waals surface area (Å²) >= 11 is 6.05. The van der Waals surface area contributed by atoms with Gasteiger partial charge in [-0.1, -0.05) is 52.3 Å². The number of benzene rings is 4. The first-order valence-electron chi connectivity index (χ1n) is 14.2. The largest absolute Gasteiger partial charge is 0.493 e. The highest BCUT2D eigenvalue weighted by molar-refractivity contribution is 9.10. The van der Waals surface area contributed by atoms with Crippen LogP contribution in [-0.2, 0) is 9.59 Å². The number of carbonyl (C=O) groups excluding carboxylic acids is 3. The molecule has 0 bridgehead atoms. The summed E-state index contributed by atoms with van der Waals surface area (Å²) in [6.07, 6.45) is 1.61. The zero-order valence-corrected chi connectivity index (χ0v) is 28.5. The number of halogens is 1. The first-order chi connectivity index (χ1) is 22.8. The Bertz CT molecular complexity index is 1910. The molecule has 1 heterocycles. The minimum Gasteiger partial charge on any atom is -0.493 e. The number of hydrogen-bond acceptors (Lipinski definition) is 8. The number of nitrogens with one attached hydrogen (secondary N) is 3. The van der Waals surface area contributed by atoms with Crippen LogP contribution in [0.15, 0.2) is 118 Å². The van der Waals surface area contributed by atoms with Gasteiger partial charge in [-0.3, -0.25) is 14.4 Å². The van der Waals surface area contributed by atoms with Crippen LogP contribution in [0.3, 0.4) is 0 Å². The van der Waals surface area contributed by atoms with E-state index < -0.39 is 11.8 Å². The summed E-state index contributed by atoms with van der Waals surface area (Å²) in [6.45, 7) is 0. The van der Waals surface area contributed by atoms with Gasteiger partial charge in [0.2, 0.25) is 5.91 Å². The van der Waals surface area contributed by atoms with Gasteiger partial charge < -0.3 is 25.4 Å². The first kappa shape index (κ1) is 33.5. The van der Waals surface area contributed by atoms with Crippen molar-refractivity contribution >= 4 is 73.6 Å². The van der Waals surface area contributed by atoms with Crippen LogP contribution in [0.25, 0.3) is 17.3 Å². The van der Waals surface area contributed by atoms with Crippen LogP contribution in [0.4, 0.5) is 10.8 Å². The van der Waals surface area contributed by atoms with Crippen molar-refractivity contribution in [3.8, 4) is 22.8 Å². The van der Waals surface area contributed by atoms with E-state index >= 15 is 0 Å². The molecule has 0 aliphatic carbocycles. The molecule has 0 fully saturated rings. The third kappa shape index (κ3) is 9.32. The lowest BCUT2D eigenvalue weighted by molar-refractivity contribution is -0.114. The maximum atomic E-state index is 13.4. The molecule has 12 heteroatoms. The molecule has 238 valence electrons. The van der Waals surface area contributed by atoms with Gasteiger partial charge >= 0.3 is 0 Å². The SMILES string of the molecule is COc1ccc(-c2csc(NC(=O)CSc3cccc(NC(=O)/C(=C/c4ccc(Br)cc4)NC(=O)c4ccccc4)c3)n2)cc1OC. The molecule has 0 unspecified atom stereocenters. The summed E-state index contributed by atoms with van der Waals surface area (Å²) in [6, 6.07) is 28.7. The molecule has 0 spiro atoms. The molecule has 0 radical (unpaired) electrons. The lowest BCUT2D eigenvalue weighted by atomic mass is 10.1. The molecule has 47 heavy (non-hydrogen) atoms. The van der Waals surface area contributed by atoms with E-state index in [1.165, 1.54) is 23.1 Å². The molecular formula is C35H29BrN4O5S2. The molecule has 3 N–H and O–H groups in total. The Labute approximate surface area is 288 Å². The fourth-order valence-electron chi connectivity index (χ4n) is 4.29. The van der Waals surface area contributed by atoms with Crippen molar-refractivity contribution in [2.75, 3.05) is 30.6 Å². The average Bonchev–Trinajstić information content (AvgIpc) is 3.56. The van der Waals surface area contributed by atoms with E-state index in [-0.39, 0.29) is 17.4 Å². The smallest absolute Gasteiger partial charge is 0.272 e. The molecule has 5 rings (SSSR count). The van der Waals surface area contributed by atoms with Crippen LogP contribution < -0.4 is 25.4 Å². The number of thioether (sulfide) groups is 1. The van der Waals surface area contributed by atoms with Gasteiger partial charge in [-0.2, -0.15) is 0 Å². The fourth-order valence-corrected chi connectivity index (χ4v) is 6.05. The van der Waals surface area contributed by atoms with Crippen molar-refractivity contribution in [1.82, 2.24) is 10.3 Å². The molecule has 1 aromatic heterocycles. The number of methoxy groups -OCH3 is 2. The number of thiazole rings is 1. The standard InChI is InChI=1S/C35H29BrN4O5S2/c1-44-30-16-13-24(18-31(30)45-2)29-20-47-35(39-29)40-32(41)21-46-27-10-6-9-26(19-27)37-34(43)28(17-22-11-14-25(36)15-12-22)38-33(42)23-7-4-3-5-8-23/h3-20H,21H2,1-2H3,(H,37,43)(H,38,42)(H,39,40,41)/b28-17-. The number of aromatic nitrogens is 1. The van der Waals surface area contributed by atoms with Crippen molar-refractivity contribution in [3.05, 3.63) is 124 Å². The molecule has 9 nitrogen and oxygen atoms in total. The van der Waals surface area contributed by atoms with E-state index in [9.17, 15) is 14.4 Å². The Morgan fingerprint density at radius 1 is 0.872 bits per heavy atom. The second kappa shape index (κ2) is 16.1. The molecule has 3 amide bonds. The van der Waals surface area contributed by atoms with Crippen molar-refractivity contribution in [2.24, 2.45) is 0 Å². The Kier molecular flexibility index (Phi) is 11.4. The van der Waals surface area contributed by atoms with Crippen LogP contribution in [0.2, 0.25) is 0 Å². The molecular weight excluding hydrogens is 700 g/mol. The highest BCUT2D eigenvalue weighted by Gasteiger charge is 2.16. The van der Waals surface area contributed by atoms with Crippen LogP contribution in [0.1, 0.15) is 15.9 Å². The monoisotopic (exact) mass is 728 g/mol. The van der Waals surface area contributed by atoms with E-state index in [1.54, 1.807) is 68.8 Å². The van der Waals surface area contributed by atoms with Gasteiger partial charge in [0.1, 0.15) is 5.70 Å². The number of anilines is 2. The maximum Gasteiger partial charge on any atom is 0.272 e. The van der Waals surface area contributed by atoms with E-state index in [1.807, 2.05) is 53.9 Å². The first-order valence-corrected chi connectivity index (χ1v) is 16.8. The van der Waals surface area contributed by atoms with Crippen LogP contribution in [0.5, 0.6) is 11.5 Å². The number of rotatable bonds is 12. The molecule has 0 saturated carbocycles. The van der Waals surface area contributed by atoms with Crippen LogP contribution in [-0.4, -0.2) is 42.7 Å². The van der Waals surface area contributed by atoms with Gasteiger partial charge in [0.25, 0.3) is 11.8 Å². The second-order valence-electron chi connectivity index (χ2n) is 9.86. The third-order valence-corrected chi connectivity index (χ3v) is 8.88. The van der Waals surface area contributed by atoms with Gasteiger partial charge in [0, 0.05) is 31.6 Å².